The normalized spacial score (nSPS) is 14.7. The first-order valence-corrected chi connectivity index (χ1v) is 10.2. The summed E-state index contributed by atoms with van der Waals surface area (Å²) in [4.78, 5) is 20.4. The fourth-order valence-corrected chi connectivity index (χ4v) is 3.38. The van der Waals surface area contributed by atoms with E-state index < -0.39 is 0 Å². The summed E-state index contributed by atoms with van der Waals surface area (Å²) in [7, 11) is 0. The Balaban J connectivity index is 1.62. The van der Waals surface area contributed by atoms with Crippen molar-refractivity contribution >= 4 is 17.9 Å². The van der Waals surface area contributed by atoms with Gasteiger partial charge in [0.05, 0.1) is 12.8 Å². The van der Waals surface area contributed by atoms with Gasteiger partial charge in [-0.2, -0.15) is 10.1 Å². The summed E-state index contributed by atoms with van der Waals surface area (Å²) >= 11 is 0. The van der Waals surface area contributed by atoms with Crippen LogP contribution in [0.1, 0.15) is 39.2 Å². The lowest BCUT2D eigenvalue weighted by molar-refractivity contribution is 0.0983. The van der Waals surface area contributed by atoms with Crippen LogP contribution in [0, 0.1) is 0 Å². The van der Waals surface area contributed by atoms with Crippen molar-refractivity contribution in [2.45, 2.75) is 52.2 Å². The fourth-order valence-electron chi connectivity index (χ4n) is 3.38. The van der Waals surface area contributed by atoms with Crippen LogP contribution in [0.3, 0.4) is 0 Å². The summed E-state index contributed by atoms with van der Waals surface area (Å²) in [5.41, 5.74) is 1.20. The zero-order chi connectivity index (χ0) is 20.6. The van der Waals surface area contributed by atoms with Crippen LogP contribution in [-0.2, 0) is 11.3 Å². The summed E-state index contributed by atoms with van der Waals surface area (Å²) in [5, 5.41) is 11.9. The Morgan fingerprint density at radius 2 is 2.00 bits per heavy atom. The molecule has 1 fully saturated rings. The lowest BCUT2D eigenvalue weighted by Crippen LogP contribution is -2.42. The van der Waals surface area contributed by atoms with Crippen molar-refractivity contribution in [3.63, 3.8) is 0 Å². The zero-order valence-electron chi connectivity index (χ0n) is 17.4. The number of amides is 1. The van der Waals surface area contributed by atoms with E-state index in [1.165, 1.54) is 5.56 Å². The Bertz CT molecular complexity index is 778. The number of nitrogens with zero attached hydrogens (tertiary/aromatic N) is 5. The van der Waals surface area contributed by atoms with Crippen LogP contribution in [0.5, 0.6) is 0 Å². The van der Waals surface area contributed by atoms with Gasteiger partial charge in [0.2, 0.25) is 5.95 Å². The van der Waals surface area contributed by atoms with Gasteiger partial charge in [0.1, 0.15) is 0 Å². The molecule has 0 radical (unpaired) electrons. The van der Waals surface area contributed by atoms with Gasteiger partial charge in [0.25, 0.3) is 0 Å². The number of rotatable bonds is 7. The topological polar surface area (TPSA) is 83.5 Å². The Kier molecular flexibility index (Phi) is 7.21. The number of anilines is 2. The first kappa shape index (κ1) is 20.8. The second-order valence-electron chi connectivity index (χ2n) is 7.45. The van der Waals surface area contributed by atoms with E-state index in [0.717, 1.165) is 19.4 Å². The molecule has 1 amide bonds. The Labute approximate surface area is 172 Å². The van der Waals surface area contributed by atoms with E-state index in [-0.39, 0.29) is 18.2 Å². The van der Waals surface area contributed by atoms with Gasteiger partial charge in [-0.3, -0.25) is 0 Å². The van der Waals surface area contributed by atoms with Crippen molar-refractivity contribution < 1.29 is 9.53 Å². The number of benzene rings is 1. The number of piperidine rings is 1. The molecule has 1 aliphatic rings. The minimum atomic E-state index is -0.231. The summed E-state index contributed by atoms with van der Waals surface area (Å²) in [6.45, 7) is 8.55. The summed E-state index contributed by atoms with van der Waals surface area (Å²) in [6, 6.07) is 10.8. The zero-order valence-corrected chi connectivity index (χ0v) is 17.4. The Hall–Kier alpha value is -2.90. The van der Waals surface area contributed by atoms with Gasteiger partial charge >= 0.3 is 6.09 Å². The van der Waals surface area contributed by atoms with E-state index in [4.69, 9.17) is 9.72 Å². The van der Waals surface area contributed by atoms with Crippen molar-refractivity contribution in [3.05, 3.63) is 42.1 Å². The highest BCUT2D eigenvalue weighted by Gasteiger charge is 2.24. The molecule has 8 heteroatoms. The van der Waals surface area contributed by atoms with E-state index in [1.807, 2.05) is 25.1 Å². The number of hydrogen-bond donors (Lipinski definition) is 1. The largest absolute Gasteiger partial charge is 0.450 e. The lowest BCUT2D eigenvalue weighted by atomic mass is 10.1. The second kappa shape index (κ2) is 10.0. The van der Waals surface area contributed by atoms with Crippen LogP contribution in [0.25, 0.3) is 0 Å². The fraction of sp³-hybridized carbons (Fsp3) is 0.524. The van der Waals surface area contributed by atoms with Crippen LogP contribution in [0.2, 0.25) is 0 Å². The summed E-state index contributed by atoms with van der Waals surface area (Å²) in [5.74, 6) is 1.32. The maximum absolute atomic E-state index is 11.8. The molecule has 1 aliphatic heterocycles. The molecule has 156 valence electrons. The number of aromatic nitrogens is 3. The van der Waals surface area contributed by atoms with Gasteiger partial charge in [0.15, 0.2) is 5.82 Å². The number of carbonyl (C=O) groups excluding carboxylic acids is 1. The first-order valence-electron chi connectivity index (χ1n) is 10.2. The van der Waals surface area contributed by atoms with Crippen molar-refractivity contribution in [2.75, 3.05) is 29.9 Å². The van der Waals surface area contributed by atoms with E-state index >= 15 is 0 Å². The van der Waals surface area contributed by atoms with Gasteiger partial charge in [0, 0.05) is 31.7 Å². The van der Waals surface area contributed by atoms with Gasteiger partial charge in [-0.05, 0) is 39.2 Å². The van der Waals surface area contributed by atoms with Crippen LogP contribution < -0.4 is 10.2 Å². The highest BCUT2D eigenvalue weighted by Crippen LogP contribution is 2.19. The van der Waals surface area contributed by atoms with Gasteiger partial charge in [-0.15, -0.1) is 5.10 Å². The first-order chi connectivity index (χ1) is 14.1. The minimum absolute atomic E-state index is 0.231. The number of hydrogen-bond acceptors (Lipinski definition) is 7. The quantitative estimate of drug-likeness (QED) is 0.766. The highest BCUT2D eigenvalue weighted by molar-refractivity contribution is 5.67. The molecule has 0 saturated carbocycles. The molecule has 2 heterocycles. The molecule has 1 N–H and O–H groups in total. The van der Waals surface area contributed by atoms with Crippen molar-refractivity contribution in [2.24, 2.45) is 0 Å². The number of nitrogens with one attached hydrogen (secondary N) is 1. The second-order valence-corrected chi connectivity index (χ2v) is 7.45. The monoisotopic (exact) mass is 398 g/mol. The minimum Gasteiger partial charge on any atom is -0.450 e. The van der Waals surface area contributed by atoms with Crippen LogP contribution in [-0.4, -0.2) is 58.0 Å². The molecule has 3 rings (SSSR count). The molecule has 0 spiro atoms. The maximum Gasteiger partial charge on any atom is 0.409 e. The predicted octanol–water partition coefficient (Wildman–Crippen LogP) is 3.32. The summed E-state index contributed by atoms with van der Waals surface area (Å²) < 4.78 is 5.08. The molecule has 2 aromatic rings. The molecule has 0 unspecified atom stereocenters. The lowest BCUT2D eigenvalue weighted by Gasteiger charge is -2.32. The molecular weight excluding hydrogens is 368 g/mol. The third kappa shape index (κ3) is 5.79. The number of carbonyl (C=O) groups is 1. The van der Waals surface area contributed by atoms with Crippen LogP contribution >= 0.6 is 0 Å². The van der Waals surface area contributed by atoms with Crippen molar-refractivity contribution in [1.82, 2.24) is 20.1 Å². The van der Waals surface area contributed by atoms with Crippen LogP contribution in [0.15, 0.2) is 36.5 Å². The molecule has 8 nitrogen and oxygen atoms in total. The van der Waals surface area contributed by atoms with E-state index in [9.17, 15) is 4.79 Å². The third-order valence-corrected chi connectivity index (χ3v) is 5.00. The van der Waals surface area contributed by atoms with Gasteiger partial charge in [-0.1, -0.05) is 30.3 Å². The van der Waals surface area contributed by atoms with E-state index in [1.54, 1.807) is 11.1 Å². The molecule has 0 bridgehead atoms. The number of ether oxygens (including phenoxy) is 1. The average molecular weight is 399 g/mol. The smallest absolute Gasteiger partial charge is 0.409 e. The van der Waals surface area contributed by atoms with Crippen molar-refractivity contribution in [3.8, 4) is 0 Å². The molecule has 29 heavy (non-hydrogen) atoms. The van der Waals surface area contributed by atoms with Gasteiger partial charge in [-0.25, -0.2) is 4.79 Å². The molecule has 1 saturated heterocycles. The maximum atomic E-state index is 11.8. The van der Waals surface area contributed by atoms with Crippen molar-refractivity contribution in [1.29, 1.82) is 0 Å². The molecule has 0 aliphatic carbocycles. The Morgan fingerprint density at radius 3 is 2.66 bits per heavy atom. The molecule has 1 aromatic heterocycles. The van der Waals surface area contributed by atoms with E-state index in [2.05, 4.69) is 46.4 Å². The number of likely N-dealkylation sites (tertiary alicyclic amines) is 1. The summed E-state index contributed by atoms with van der Waals surface area (Å²) in [6.07, 6.45) is 3.11. The average Bonchev–Trinajstić information content (AvgIpc) is 2.73. The molecular formula is C21H30N6O2. The van der Waals surface area contributed by atoms with Gasteiger partial charge < -0.3 is 19.9 Å². The highest BCUT2D eigenvalue weighted by atomic mass is 16.6. The van der Waals surface area contributed by atoms with E-state index in [0.29, 0.717) is 31.5 Å². The molecule has 0 atom stereocenters. The van der Waals surface area contributed by atoms with Crippen LogP contribution in [0.4, 0.5) is 16.6 Å². The SMILES string of the molecule is CCOC(=O)N1CCC(Nc2cnnc(N(Cc3ccccc3)C(C)C)n2)CC1. The standard InChI is InChI=1S/C21H30N6O2/c1-4-29-21(28)26-12-10-18(11-13-26)23-19-14-22-25-20(24-19)27(16(2)3)15-17-8-6-5-7-9-17/h5-9,14,16,18H,4,10-13,15H2,1-3H3,(H,23,24,25). The molecule has 1 aromatic carbocycles. The Morgan fingerprint density at radius 1 is 1.28 bits per heavy atom. The predicted molar refractivity (Wildman–Crippen MR) is 113 cm³/mol. The third-order valence-electron chi connectivity index (χ3n) is 5.00.